The molecule has 0 radical (unpaired) electrons. The number of benzene rings is 2. The second-order valence-corrected chi connectivity index (χ2v) is 7.88. The van der Waals surface area contributed by atoms with E-state index in [2.05, 4.69) is 10.6 Å². The quantitative estimate of drug-likeness (QED) is 0.716. The van der Waals surface area contributed by atoms with Gasteiger partial charge in [-0.1, -0.05) is 37.3 Å². The molecule has 0 saturated heterocycles. The van der Waals surface area contributed by atoms with Crippen molar-refractivity contribution in [1.82, 2.24) is 4.90 Å². The molecule has 3 amide bonds. The normalized spacial score (nSPS) is 16.8. The van der Waals surface area contributed by atoms with E-state index in [9.17, 15) is 14.4 Å². The van der Waals surface area contributed by atoms with Crippen LogP contribution in [0.3, 0.4) is 0 Å². The van der Waals surface area contributed by atoms with Gasteiger partial charge in [0.1, 0.15) is 0 Å². The molecule has 0 saturated carbocycles. The summed E-state index contributed by atoms with van der Waals surface area (Å²) in [5, 5.41) is 5.79. The Morgan fingerprint density at radius 1 is 1.16 bits per heavy atom. The maximum Gasteiger partial charge on any atom is 0.241 e. The zero-order valence-corrected chi connectivity index (χ0v) is 18.3. The highest BCUT2D eigenvalue weighted by Gasteiger charge is 2.32. The highest BCUT2D eigenvalue weighted by Crippen LogP contribution is 2.31. The van der Waals surface area contributed by atoms with Crippen LogP contribution < -0.4 is 15.5 Å². The van der Waals surface area contributed by atoms with E-state index in [0.29, 0.717) is 17.9 Å². The molecule has 1 aliphatic heterocycles. The summed E-state index contributed by atoms with van der Waals surface area (Å²) in [7, 11) is 0. The SMILES string of the molecule is CCCN(CC(=O)N1c2ccccc2NC(=O)CC1C)C(C)C(=O)Nc1ccccc1. The number of fused-ring (bicyclic) bond motifs is 1. The van der Waals surface area contributed by atoms with Crippen molar-refractivity contribution < 1.29 is 14.4 Å². The van der Waals surface area contributed by atoms with E-state index in [4.69, 9.17) is 0 Å². The number of amides is 3. The fraction of sp³-hybridized carbons (Fsp3) is 0.375. The van der Waals surface area contributed by atoms with E-state index in [1.165, 1.54) is 0 Å². The van der Waals surface area contributed by atoms with Crippen LogP contribution in [0.25, 0.3) is 0 Å². The molecule has 2 aromatic rings. The minimum absolute atomic E-state index is 0.0874. The summed E-state index contributed by atoms with van der Waals surface area (Å²) in [6.07, 6.45) is 1.03. The Bertz CT molecular complexity index is 931. The molecule has 0 spiro atoms. The second kappa shape index (κ2) is 10.2. The van der Waals surface area contributed by atoms with Gasteiger partial charge in [0.15, 0.2) is 0 Å². The highest BCUT2D eigenvalue weighted by atomic mass is 16.2. The molecule has 0 aromatic heterocycles. The topological polar surface area (TPSA) is 81.8 Å². The number of carbonyl (C=O) groups is 3. The van der Waals surface area contributed by atoms with Gasteiger partial charge >= 0.3 is 0 Å². The molecule has 0 bridgehead atoms. The summed E-state index contributed by atoms with van der Waals surface area (Å²) in [6, 6.07) is 15.8. The van der Waals surface area contributed by atoms with E-state index in [-0.39, 0.29) is 36.7 Å². The first kappa shape index (κ1) is 22.5. The summed E-state index contributed by atoms with van der Waals surface area (Å²) in [6.45, 7) is 6.40. The Hall–Kier alpha value is -3.19. The fourth-order valence-electron chi connectivity index (χ4n) is 3.85. The lowest BCUT2D eigenvalue weighted by Gasteiger charge is -2.33. The van der Waals surface area contributed by atoms with Crippen molar-refractivity contribution in [3.8, 4) is 0 Å². The number of hydrogen-bond donors (Lipinski definition) is 2. The van der Waals surface area contributed by atoms with Gasteiger partial charge in [-0.15, -0.1) is 0 Å². The molecule has 7 heteroatoms. The molecule has 3 rings (SSSR count). The number of carbonyl (C=O) groups excluding carboxylic acids is 3. The van der Waals surface area contributed by atoms with E-state index < -0.39 is 6.04 Å². The Morgan fingerprint density at radius 3 is 2.55 bits per heavy atom. The molecule has 164 valence electrons. The summed E-state index contributed by atoms with van der Waals surface area (Å²) < 4.78 is 0. The number of nitrogens with one attached hydrogen (secondary N) is 2. The largest absolute Gasteiger partial charge is 0.325 e. The van der Waals surface area contributed by atoms with Crippen LogP contribution in [0.15, 0.2) is 54.6 Å². The van der Waals surface area contributed by atoms with Crippen LogP contribution in [0.1, 0.15) is 33.6 Å². The third-order valence-corrected chi connectivity index (χ3v) is 5.45. The predicted octanol–water partition coefficient (Wildman–Crippen LogP) is 3.49. The average Bonchev–Trinajstić information content (AvgIpc) is 2.87. The van der Waals surface area contributed by atoms with Crippen LogP contribution in [0.2, 0.25) is 0 Å². The zero-order valence-electron chi connectivity index (χ0n) is 18.3. The standard InChI is InChI=1S/C24H30N4O3/c1-4-14-27(18(3)24(31)25-19-10-6-5-7-11-19)16-23(30)28-17(2)15-22(29)26-20-12-8-9-13-21(20)28/h5-13,17-18H,4,14-16H2,1-3H3,(H,25,31)(H,26,29). The van der Waals surface area contributed by atoms with Gasteiger partial charge < -0.3 is 15.5 Å². The first-order valence-electron chi connectivity index (χ1n) is 10.7. The van der Waals surface area contributed by atoms with Gasteiger partial charge in [-0.2, -0.15) is 0 Å². The van der Waals surface area contributed by atoms with Crippen molar-refractivity contribution in [2.24, 2.45) is 0 Å². The van der Waals surface area contributed by atoms with Crippen LogP contribution in [0.4, 0.5) is 17.1 Å². The maximum absolute atomic E-state index is 13.4. The summed E-state index contributed by atoms with van der Waals surface area (Å²) in [5.41, 5.74) is 2.03. The minimum Gasteiger partial charge on any atom is -0.325 e. The van der Waals surface area contributed by atoms with E-state index in [1.807, 2.05) is 74.2 Å². The number of nitrogens with zero attached hydrogens (tertiary/aromatic N) is 2. The smallest absolute Gasteiger partial charge is 0.241 e. The summed E-state index contributed by atoms with van der Waals surface area (Å²) in [4.78, 5) is 42.0. The monoisotopic (exact) mass is 422 g/mol. The maximum atomic E-state index is 13.4. The van der Waals surface area contributed by atoms with Crippen molar-refractivity contribution >= 4 is 34.8 Å². The molecule has 2 unspecified atom stereocenters. The number of rotatable bonds is 7. The molecule has 0 aliphatic carbocycles. The molecular formula is C24H30N4O3. The van der Waals surface area contributed by atoms with E-state index in [1.54, 1.807) is 11.0 Å². The van der Waals surface area contributed by atoms with Gasteiger partial charge in [0, 0.05) is 18.2 Å². The first-order chi connectivity index (χ1) is 14.9. The number of hydrogen-bond acceptors (Lipinski definition) is 4. The molecule has 0 fully saturated rings. The van der Waals surface area contributed by atoms with Crippen molar-refractivity contribution in [3.05, 3.63) is 54.6 Å². The second-order valence-electron chi connectivity index (χ2n) is 7.88. The summed E-state index contributed by atoms with van der Waals surface area (Å²) >= 11 is 0. The first-order valence-corrected chi connectivity index (χ1v) is 10.7. The van der Waals surface area contributed by atoms with Gasteiger partial charge in [-0.25, -0.2) is 0 Å². The van der Waals surface area contributed by atoms with Crippen molar-refractivity contribution in [3.63, 3.8) is 0 Å². The number of para-hydroxylation sites is 3. The lowest BCUT2D eigenvalue weighted by atomic mass is 10.1. The van der Waals surface area contributed by atoms with Crippen LogP contribution >= 0.6 is 0 Å². The van der Waals surface area contributed by atoms with E-state index >= 15 is 0 Å². The molecule has 2 atom stereocenters. The van der Waals surface area contributed by atoms with Gasteiger partial charge in [-0.05, 0) is 51.1 Å². The van der Waals surface area contributed by atoms with Gasteiger partial charge in [0.25, 0.3) is 0 Å². The minimum atomic E-state index is -0.485. The third kappa shape index (κ3) is 5.49. The van der Waals surface area contributed by atoms with Crippen LogP contribution in [0.5, 0.6) is 0 Å². The Labute approximate surface area is 183 Å². The Balaban J connectivity index is 1.78. The molecule has 7 nitrogen and oxygen atoms in total. The Kier molecular flexibility index (Phi) is 7.41. The van der Waals surface area contributed by atoms with Gasteiger partial charge in [0.05, 0.1) is 24.0 Å². The lowest BCUT2D eigenvalue weighted by Crippen LogP contribution is -2.50. The van der Waals surface area contributed by atoms with Crippen molar-refractivity contribution in [1.29, 1.82) is 0 Å². The van der Waals surface area contributed by atoms with Gasteiger partial charge in [-0.3, -0.25) is 19.3 Å². The molecule has 1 heterocycles. The van der Waals surface area contributed by atoms with Crippen molar-refractivity contribution in [2.75, 3.05) is 28.6 Å². The van der Waals surface area contributed by atoms with Crippen LogP contribution in [0, 0.1) is 0 Å². The highest BCUT2D eigenvalue weighted by molar-refractivity contribution is 6.05. The molecule has 2 aromatic carbocycles. The summed E-state index contributed by atoms with van der Waals surface area (Å²) in [5.74, 6) is -0.408. The number of anilines is 3. The molecule has 1 aliphatic rings. The molecule has 31 heavy (non-hydrogen) atoms. The average molecular weight is 423 g/mol. The lowest BCUT2D eigenvalue weighted by molar-refractivity contribution is -0.124. The van der Waals surface area contributed by atoms with E-state index in [0.717, 1.165) is 12.1 Å². The van der Waals surface area contributed by atoms with Gasteiger partial charge in [0.2, 0.25) is 17.7 Å². The van der Waals surface area contributed by atoms with Crippen molar-refractivity contribution in [2.45, 2.75) is 45.7 Å². The predicted molar refractivity (Wildman–Crippen MR) is 123 cm³/mol. The zero-order chi connectivity index (χ0) is 22.4. The Morgan fingerprint density at radius 2 is 1.84 bits per heavy atom. The third-order valence-electron chi connectivity index (χ3n) is 5.45. The van der Waals surface area contributed by atoms with Crippen LogP contribution in [-0.2, 0) is 14.4 Å². The fourth-order valence-corrected chi connectivity index (χ4v) is 3.85. The van der Waals surface area contributed by atoms with Crippen LogP contribution in [-0.4, -0.2) is 47.8 Å². The molecule has 2 N–H and O–H groups in total. The molecular weight excluding hydrogens is 392 g/mol.